The van der Waals surface area contributed by atoms with Gasteiger partial charge in [0.05, 0.1) is 5.69 Å². The van der Waals surface area contributed by atoms with Crippen LogP contribution in [0, 0.1) is 0 Å². The lowest BCUT2D eigenvalue weighted by Crippen LogP contribution is -2.11. The van der Waals surface area contributed by atoms with E-state index in [9.17, 15) is 0 Å². The number of pyridine rings is 1. The van der Waals surface area contributed by atoms with Gasteiger partial charge in [0.2, 0.25) is 0 Å². The van der Waals surface area contributed by atoms with Crippen molar-refractivity contribution < 1.29 is 0 Å². The Morgan fingerprint density at radius 1 is 1.10 bits per heavy atom. The number of hydrogen-bond acceptors (Lipinski definition) is 3. The Hall–Kier alpha value is -2.14. The van der Waals surface area contributed by atoms with E-state index in [-0.39, 0.29) is 6.04 Å². The maximum absolute atomic E-state index is 4.42. The van der Waals surface area contributed by atoms with Crippen molar-refractivity contribution in [1.29, 1.82) is 0 Å². The lowest BCUT2D eigenvalue weighted by molar-refractivity contribution is 0.828. The summed E-state index contributed by atoms with van der Waals surface area (Å²) < 4.78 is 2.85. The number of nitrogens with one attached hydrogen (secondary N) is 1. The van der Waals surface area contributed by atoms with Gasteiger partial charge < -0.3 is 5.32 Å². The van der Waals surface area contributed by atoms with E-state index in [2.05, 4.69) is 44.3 Å². The molecular formula is C16H15BrN4. The quantitative estimate of drug-likeness (QED) is 0.772. The van der Waals surface area contributed by atoms with E-state index in [0.29, 0.717) is 0 Å². The van der Waals surface area contributed by atoms with Gasteiger partial charge in [-0.1, -0.05) is 34.1 Å². The summed E-state index contributed by atoms with van der Waals surface area (Å²) in [7, 11) is 0. The van der Waals surface area contributed by atoms with Crippen LogP contribution in [-0.4, -0.2) is 14.8 Å². The molecule has 0 aliphatic rings. The highest BCUT2D eigenvalue weighted by atomic mass is 79.9. The zero-order chi connectivity index (χ0) is 14.7. The van der Waals surface area contributed by atoms with Gasteiger partial charge in [-0.3, -0.25) is 0 Å². The standard InChI is InChI=1S/C16H15BrN4/c1-12(13-6-2-3-7-14(13)17)20-15-8-4-9-18-16(15)21-11-5-10-19-21/h2-12,20H,1H3. The first-order valence-electron chi connectivity index (χ1n) is 6.71. The Morgan fingerprint density at radius 3 is 2.71 bits per heavy atom. The number of benzene rings is 1. The van der Waals surface area contributed by atoms with Crippen molar-refractivity contribution in [3.8, 4) is 5.82 Å². The predicted molar refractivity (Wildman–Crippen MR) is 87.5 cm³/mol. The molecule has 0 saturated carbocycles. The van der Waals surface area contributed by atoms with Gasteiger partial charge in [0.1, 0.15) is 0 Å². The number of rotatable bonds is 4. The molecule has 2 aromatic heterocycles. The van der Waals surface area contributed by atoms with E-state index in [1.807, 2.05) is 42.6 Å². The van der Waals surface area contributed by atoms with E-state index < -0.39 is 0 Å². The van der Waals surface area contributed by atoms with Crippen LogP contribution in [0.15, 0.2) is 65.5 Å². The molecule has 0 saturated heterocycles. The van der Waals surface area contributed by atoms with Crippen molar-refractivity contribution in [3.63, 3.8) is 0 Å². The fraction of sp³-hybridized carbons (Fsp3) is 0.125. The van der Waals surface area contributed by atoms with E-state index in [0.717, 1.165) is 16.0 Å². The van der Waals surface area contributed by atoms with Gasteiger partial charge in [0.15, 0.2) is 5.82 Å². The Kier molecular flexibility index (Phi) is 4.01. The number of hydrogen-bond donors (Lipinski definition) is 1. The van der Waals surface area contributed by atoms with E-state index >= 15 is 0 Å². The van der Waals surface area contributed by atoms with Gasteiger partial charge in [0.25, 0.3) is 0 Å². The van der Waals surface area contributed by atoms with Crippen LogP contribution < -0.4 is 5.32 Å². The normalized spacial score (nSPS) is 12.1. The molecule has 0 fully saturated rings. The SMILES string of the molecule is CC(Nc1cccnc1-n1cccn1)c1ccccc1Br. The molecule has 1 unspecified atom stereocenters. The Labute approximate surface area is 132 Å². The zero-order valence-electron chi connectivity index (χ0n) is 11.6. The predicted octanol–water partition coefficient (Wildman–Crippen LogP) is 4.20. The van der Waals surface area contributed by atoms with Crippen LogP contribution in [0.25, 0.3) is 5.82 Å². The fourth-order valence-electron chi connectivity index (χ4n) is 2.22. The Morgan fingerprint density at radius 2 is 1.95 bits per heavy atom. The van der Waals surface area contributed by atoms with Crippen LogP contribution >= 0.6 is 15.9 Å². The van der Waals surface area contributed by atoms with E-state index in [4.69, 9.17) is 0 Å². The van der Waals surface area contributed by atoms with Crippen LogP contribution in [-0.2, 0) is 0 Å². The summed E-state index contributed by atoms with van der Waals surface area (Å²) >= 11 is 3.59. The molecule has 0 spiro atoms. The van der Waals surface area contributed by atoms with Crippen LogP contribution in [0.3, 0.4) is 0 Å². The van der Waals surface area contributed by atoms with Gasteiger partial charge in [0, 0.05) is 29.1 Å². The molecule has 4 nitrogen and oxygen atoms in total. The molecule has 1 aromatic carbocycles. The van der Waals surface area contributed by atoms with Crippen LogP contribution in [0.5, 0.6) is 0 Å². The maximum atomic E-state index is 4.42. The largest absolute Gasteiger partial charge is 0.375 e. The van der Waals surface area contributed by atoms with Crippen molar-refractivity contribution in [3.05, 3.63) is 71.1 Å². The molecule has 0 radical (unpaired) electrons. The second-order valence-electron chi connectivity index (χ2n) is 4.71. The summed E-state index contributed by atoms with van der Waals surface area (Å²) in [5.74, 6) is 0.793. The first-order chi connectivity index (χ1) is 10.3. The average Bonchev–Trinajstić information content (AvgIpc) is 3.02. The Bertz CT molecular complexity index is 725. The minimum atomic E-state index is 0.152. The number of halogens is 1. The third-order valence-electron chi connectivity index (χ3n) is 3.25. The number of aromatic nitrogens is 3. The summed E-state index contributed by atoms with van der Waals surface area (Å²) in [6.07, 6.45) is 5.40. The molecule has 0 aliphatic carbocycles. The van der Waals surface area contributed by atoms with Gasteiger partial charge in [-0.25, -0.2) is 9.67 Å². The first-order valence-corrected chi connectivity index (χ1v) is 7.51. The second kappa shape index (κ2) is 6.10. The second-order valence-corrected chi connectivity index (χ2v) is 5.57. The molecular weight excluding hydrogens is 328 g/mol. The van der Waals surface area contributed by atoms with Crippen molar-refractivity contribution in [1.82, 2.24) is 14.8 Å². The van der Waals surface area contributed by atoms with Crippen molar-refractivity contribution in [2.75, 3.05) is 5.32 Å². The zero-order valence-corrected chi connectivity index (χ0v) is 13.2. The summed E-state index contributed by atoms with van der Waals surface area (Å²) in [4.78, 5) is 4.42. The van der Waals surface area contributed by atoms with Gasteiger partial charge >= 0.3 is 0 Å². The summed E-state index contributed by atoms with van der Waals surface area (Å²) in [6, 6.07) is 14.2. The smallest absolute Gasteiger partial charge is 0.176 e. The van der Waals surface area contributed by atoms with Gasteiger partial charge in [-0.15, -0.1) is 0 Å². The lowest BCUT2D eigenvalue weighted by Gasteiger charge is -2.18. The molecule has 3 aromatic rings. The first kappa shape index (κ1) is 13.8. The molecule has 5 heteroatoms. The maximum Gasteiger partial charge on any atom is 0.176 e. The molecule has 21 heavy (non-hydrogen) atoms. The van der Waals surface area contributed by atoms with E-state index in [1.165, 1.54) is 5.56 Å². The minimum Gasteiger partial charge on any atom is -0.375 e. The van der Waals surface area contributed by atoms with Crippen LogP contribution in [0.4, 0.5) is 5.69 Å². The van der Waals surface area contributed by atoms with Crippen molar-refractivity contribution >= 4 is 21.6 Å². The van der Waals surface area contributed by atoms with Crippen molar-refractivity contribution in [2.45, 2.75) is 13.0 Å². The third-order valence-corrected chi connectivity index (χ3v) is 3.97. The molecule has 0 aliphatic heterocycles. The fourth-order valence-corrected chi connectivity index (χ4v) is 2.85. The van der Waals surface area contributed by atoms with Crippen LogP contribution in [0.2, 0.25) is 0 Å². The summed E-state index contributed by atoms with van der Waals surface area (Å²) in [6.45, 7) is 2.12. The molecule has 0 amide bonds. The summed E-state index contributed by atoms with van der Waals surface area (Å²) in [5.41, 5.74) is 2.15. The molecule has 2 heterocycles. The van der Waals surface area contributed by atoms with E-state index in [1.54, 1.807) is 17.1 Å². The van der Waals surface area contributed by atoms with Crippen molar-refractivity contribution in [2.24, 2.45) is 0 Å². The number of nitrogens with zero attached hydrogens (tertiary/aromatic N) is 3. The van der Waals surface area contributed by atoms with Gasteiger partial charge in [-0.2, -0.15) is 5.10 Å². The molecule has 3 rings (SSSR count). The van der Waals surface area contributed by atoms with Gasteiger partial charge in [-0.05, 0) is 36.8 Å². The molecule has 1 N–H and O–H groups in total. The topological polar surface area (TPSA) is 42.7 Å². The highest BCUT2D eigenvalue weighted by molar-refractivity contribution is 9.10. The third kappa shape index (κ3) is 2.97. The molecule has 0 bridgehead atoms. The van der Waals surface area contributed by atoms with Crippen LogP contribution in [0.1, 0.15) is 18.5 Å². The highest BCUT2D eigenvalue weighted by Crippen LogP contribution is 2.27. The Balaban J connectivity index is 1.91. The number of anilines is 1. The molecule has 1 atom stereocenters. The monoisotopic (exact) mass is 342 g/mol. The lowest BCUT2D eigenvalue weighted by atomic mass is 10.1. The average molecular weight is 343 g/mol. The summed E-state index contributed by atoms with van der Waals surface area (Å²) in [5, 5.41) is 7.75. The molecule has 106 valence electrons. The highest BCUT2D eigenvalue weighted by Gasteiger charge is 2.12. The minimum absolute atomic E-state index is 0.152.